The molecule has 11 nitrogen and oxygen atoms in total. The summed E-state index contributed by atoms with van der Waals surface area (Å²) in [4.78, 5) is 33.3. The van der Waals surface area contributed by atoms with E-state index in [-0.39, 0.29) is 16.7 Å². The zero-order valence-electron chi connectivity index (χ0n) is 18.4. The summed E-state index contributed by atoms with van der Waals surface area (Å²) in [6.07, 6.45) is 4.24. The molecule has 12 heteroatoms. The van der Waals surface area contributed by atoms with Gasteiger partial charge in [0.15, 0.2) is 0 Å². The average Bonchev–Trinajstić information content (AvgIpc) is 3.31. The minimum Gasteiger partial charge on any atom is -0.480 e. The van der Waals surface area contributed by atoms with Crippen molar-refractivity contribution in [2.24, 2.45) is 5.16 Å². The zero-order chi connectivity index (χ0) is 24.4. The number of carbonyl (C=O) groups is 2. The SMILES string of the molecule is O=C(NC[C@H](NS(=O)(=O)c1ccccc1)C(=O)O)C1=NOC(CCCCNc2ccccn2)C1. The highest BCUT2D eigenvalue weighted by molar-refractivity contribution is 7.89. The molecule has 0 saturated carbocycles. The van der Waals surface area contributed by atoms with Crippen LogP contribution in [0.2, 0.25) is 0 Å². The number of carboxylic acid groups (broad SMARTS) is 1. The Balaban J connectivity index is 1.38. The van der Waals surface area contributed by atoms with Crippen molar-refractivity contribution < 1.29 is 28.0 Å². The second kappa shape index (κ2) is 12.1. The van der Waals surface area contributed by atoms with Crippen molar-refractivity contribution in [1.29, 1.82) is 0 Å². The predicted molar refractivity (Wildman–Crippen MR) is 125 cm³/mol. The van der Waals surface area contributed by atoms with E-state index in [9.17, 15) is 23.1 Å². The van der Waals surface area contributed by atoms with Crippen LogP contribution in [0.5, 0.6) is 0 Å². The standard InChI is InChI=1S/C22H27N5O6S/c28-21(25-15-19(22(29)30)27-34(31,32)17-9-2-1-3-10-17)18-14-16(33-26-18)8-4-6-12-23-20-11-5-7-13-24-20/h1-3,5,7,9-11,13,16,19,27H,4,6,8,12,14-15H2,(H,23,24)(H,25,28)(H,29,30)/t16?,19-/m0/s1. The molecule has 0 fully saturated rings. The molecule has 34 heavy (non-hydrogen) atoms. The zero-order valence-corrected chi connectivity index (χ0v) is 19.2. The third-order valence-electron chi connectivity index (χ3n) is 5.03. The molecule has 182 valence electrons. The maximum absolute atomic E-state index is 12.4. The number of aromatic nitrogens is 1. The summed E-state index contributed by atoms with van der Waals surface area (Å²) in [6.45, 7) is 0.316. The Morgan fingerprint density at radius 2 is 1.88 bits per heavy atom. The number of benzene rings is 1. The van der Waals surface area contributed by atoms with Crippen LogP contribution in [-0.4, -0.2) is 61.3 Å². The summed E-state index contributed by atoms with van der Waals surface area (Å²) in [5, 5.41) is 18.8. The highest BCUT2D eigenvalue weighted by Gasteiger charge is 2.29. The van der Waals surface area contributed by atoms with Crippen LogP contribution in [0.1, 0.15) is 25.7 Å². The van der Waals surface area contributed by atoms with Gasteiger partial charge in [0.1, 0.15) is 23.7 Å². The summed E-state index contributed by atoms with van der Waals surface area (Å²) in [5.74, 6) is -1.20. The van der Waals surface area contributed by atoms with Gasteiger partial charge in [-0.25, -0.2) is 13.4 Å². The van der Waals surface area contributed by atoms with Gasteiger partial charge in [-0.3, -0.25) is 9.59 Å². The fraction of sp³-hybridized carbons (Fsp3) is 0.364. The van der Waals surface area contributed by atoms with E-state index in [4.69, 9.17) is 4.84 Å². The largest absolute Gasteiger partial charge is 0.480 e. The molecule has 1 unspecified atom stereocenters. The average molecular weight is 490 g/mol. The van der Waals surface area contributed by atoms with Gasteiger partial charge in [0.05, 0.1) is 4.90 Å². The van der Waals surface area contributed by atoms with Gasteiger partial charge in [-0.15, -0.1) is 0 Å². The number of carboxylic acids is 1. The van der Waals surface area contributed by atoms with Crippen LogP contribution < -0.4 is 15.4 Å². The van der Waals surface area contributed by atoms with Crippen molar-refractivity contribution in [3.63, 3.8) is 0 Å². The minimum absolute atomic E-state index is 0.0702. The van der Waals surface area contributed by atoms with E-state index in [0.717, 1.165) is 25.2 Å². The van der Waals surface area contributed by atoms with E-state index < -0.39 is 34.5 Å². The molecule has 2 aromatic rings. The lowest BCUT2D eigenvalue weighted by atomic mass is 10.1. The molecule has 2 atom stereocenters. The molecule has 1 amide bonds. The van der Waals surface area contributed by atoms with Gasteiger partial charge in [0.2, 0.25) is 10.0 Å². The maximum atomic E-state index is 12.4. The van der Waals surface area contributed by atoms with Crippen molar-refractivity contribution in [2.45, 2.75) is 42.7 Å². The third kappa shape index (κ3) is 7.52. The van der Waals surface area contributed by atoms with Gasteiger partial charge in [-0.1, -0.05) is 29.4 Å². The predicted octanol–water partition coefficient (Wildman–Crippen LogP) is 1.36. The minimum atomic E-state index is -4.06. The fourth-order valence-electron chi connectivity index (χ4n) is 3.23. The number of amides is 1. The van der Waals surface area contributed by atoms with E-state index in [1.165, 1.54) is 24.3 Å². The fourth-order valence-corrected chi connectivity index (χ4v) is 4.44. The topological polar surface area (TPSA) is 159 Å². The second-order valence-electron chi connectivity index (χ2n) is 7.64. The lowest BCUT2D eigenvalue weighted by Crippen LogP contribution is -2.49. The molecule has 1 aromatic heterocycles. The Morgan fingerprint density at radius 1 is 1.12 bits per heavy atom. The monoisotopic (exact) mass is 489 g/mol. The number of aliphatic carboxylic acids is 1. The van der Waals surface area contributed by atoms with Crippen LogP contribution in [0.3, 0.4) is 0 Å². The maximum Gasteiger partial charge on any atom is 0.323 e. The highest BCUT2D eigenvalue weighted by Crippen LogP contribution is 2.17. The van der Waals surface area contributed by atoms with Crippen molar-refractivity contribution in [3.8, 4) is 0 Å². The number of rotatable bonds is 13. The molecule has 4 N–H and O–H groups in total. The first-order chi connectivity index (χ1) is 16.3. The molecule has 1 aromatic carbocycles. The molecule has 1 aliphatic heterocycles. The molecule has 0 saturated heterocycles. The summed E-state index contributed by atoms with van der Waals surface area (Å²) in [7, 11) is -4.06. The van der Waals surface area contributed by atoms with E-state index in [0.29, 0.717) is 12.8 Å². The van der Waals surface area contributed by atoms with Crippen LogP contribution in [0.25, 0.3) is 0 Å². The second-order valence-corrected chi connectivity index (χ2v) is 9.36. The lowest BCUT2D eigenvalue weighted by Gasteiger charge is -2.15. The number of unbranched alkanes of at least 4 members (excludes halogenated alkanes) is 1. The Bertz CT molecular complexity index is 1100. The number of pyridine rings is 1. The number of anilines is 1. The first kappa shape index (κ1) is 25.1. The van der Waals surface area contributed by atoms with Gasteiger partial charge >= 0.3 is 5.97 Å². The Hall–Kier alpha value is -3.51. The molecule has 0 spiro atoms. The molecule has 2 heterocycles. The van der Waals surface area contributed by atoms with Gasteiger partial charge < -0.3 is 20.6 Å². The van der Waals surface area contributed by atoms with E-state index in [2.05, 4.69) is 25.5 Å². The smallest absolute Gasteiger partial charge is 0.323 e. The van der Waals surface area contributed by atoms with Crippen LogP contribution in [0, 0.1) is 0 Å². The van der Waals surface area contributed by atoms with Crippen molar-refractivity contribution in [3.05, 3.63) is 54.7 Å². The Labute approximate surface area is 197 Å². The number of oxime groups is 1. The van der Waals surface area contributed by atoms with Crippen LogP contribution in [0.4, 0.5) is 5.82 Å². The first-order valence-electron chi connectivity index (χ1n) is 10.8. The summed E-state index contributed by atoms with van der Waals surface area (Å²) < 4.78 is 26.9. The number of nitrogens with zero attached hydrogens (tertiary/aromatic N) is 2. The number of nitrogens with one attached hydrogen (secondary N) is 3. The quantitative estimate of drug-likeness (QED) is 0.307. The summed E-state index contributed by atoms with van der Waals surface area (Å²) >= 11 is 0. The molecule has 1 aliphatic rings. The van der Waals surface area contributed by atoms with Crippen LogP contribution >= 0.6 is 0 Å². The van der Waals surface area contributed by atoms with Crippen LogP contribution in [-0.2, 0) is 24.4 Å². The Kier molecular flexibility index (Phi) is 8.93. The highest BCUT2D eigenvalue weighted by atomic mass is 32.2. The van der Waals surface area contributed by atoms with Gasteiger partial charge in [-0.2, -0.15) is 4.72 Å². The van der Waals surface area contributed by atoms with Gasteiger partial charge in [0.25, 0.3) is 5.91 Å². The molecular formula is C22H27N5O6S. The molecule has 0 radical (unpaired) electrons. The normalized spacial score (nSPS) is 16.2. The summed E-state index contributed by atoms with van der Waals surface area (Å²) in [6, 6.07) is 11.5. The van der Waals surface area contributed by atoms with Crippen molar-refractivity contribution in [2.75, 3.05) is 18.4 Å². The number of sulfonamides is 1. The van der Waals surface area contributed by atoms with Gasteiger partial charge in [-0.05, 0) is 43.5 Å². The van der Waals surface area contributed by atoms with Gasteiger partial charge in [0, 0.05) is 25.7 Å². The molecule has 0 aliphatic carbocycles. The number of hydrogen-bond donors (Lipinski definition) is 4. The molecular weight excluding hydrogens is 462 g/mol. The third-order valence-corrected chi connectivity index (χ3v) is 6.52. The lowest BCUT2D eigenvalue weighted by molar-refractivity contribution is -0.138. The number of carbonyl (C=O) groups excluding carboxylic acids is 1. The summed E-state index contributed by atoms with van der Waals surface area (Å²) in [5.41, 5.74) is 0.145. The first-order valence-corrected chi connectivity index (χ1v) is 12.3. The van der Waals surface area contributed by atoms with Crippen molar-refractivity contribution >= 4 is 33.4 Å². The number of hydrogen-bond acceptors (Lipinski definition) is 8. The molecule has 3 rings (SSSR count). The van der Waals surface area contributed by atoms with Crippen LogP contribution in [0.15, 0.2) is 64.8 Å². The van der Waals surface area contributed by atoms with Crippen molar-refractivity contribution in [1.82, 2.24) is 15.0 Å². The van der Waals surface area contributed by atoms with E-state index in [1.54, 1.807) is 12.3 Å². The molecule has 0 bridgehead atoms. The van der Waals surface area contributed by atoms with E-state index in [1.807, 2.05) is 18.2 Å². The van der Waals surface area contributed by atoms with E-state index >= 15 is 0 Å². The Morgan fingerprint density at radius 3 is 2.59 bits per heavy atom.